The zero-order valence-corrected chi connectivity index (χ0v) is 20.1. The maximum Gasteiger partial charge on any atom is 0.255 e. The smallest absolute Gasteiger partial charge is 0.255 e. The second-order valence-electron chi connectivity index (χ2n) is 8.70. The summed E-state index contributed by atoms with van der Waals surface area (Å²) in [5.41, 5.74) is 3.15. The minimum atomic E-state index is -0.196. The number of benzene rings is 3. The van der Waals surface area contributed by atoms with E-state index < -0.39 is 0 Å². The van der Waals surface area contributed by atoms with Crippen molar-refractivity contribution in [3.8, 4) is 17.2 Å². The molecule has 1 amide bonds. The molecule has 0 fully saturated rings. The van der Waals surface area contributed by atoms with Crippen LogP contribution in [-0.4, -0.2) is 19.1 Å². The average Bonchev–Trinajstić information content (AvgIpc) is 2.79. The van der Waals surface area contributed by atoms with Crippen LogP contribution in [0, 0.1) is 0 Å². The molecule has 1 N–H and O–H groups in total. The number of nitrogens with one attached hydrogen (secondary N) is 1. The van der Waals surface area contributed by atoms with Crippen LogP contribution >= 0.6 is 0 Å². The average molecular weight is 448 g/mol. The van der Waals surface area contributed by atoms with Crippen LogP contribution in [0.4, 0.5) is 5.69 Å². The van der Waals surface area contributed by atoms with E-state index in [1.165, 1.54) is 0 Å². The highest BCUT2D eigenvalue weighted by Gasteiger charge is 2.19. The highest BCUT2D eigenvalue weighted by Crippen LogP contribution is 2.32. The Morgan fingerprint density at radius 2 is 1.52 bits per heavy atom. The number of amides is 1. The Bertz CT molecular complexity index is 1070. The van der Waals surface area contributed by atoms with Gasteiger partial charge in [-0.1, -0.05) is 39.0 Å². The van der Waals surface area contributed by atoms with Gasteiger partial charge in [-0.2, -0.15) is 0 Å². The standard InChI is InChI=1S/C28H33NO4/c1-6-31-23-15-13-22(14-16-23)29-27(30)20-12-17-25(32-7-2)21(18-20)19-33-26-11-9-8-10-24(26)28(3,4)5/h8-18H,6-7,19H2,1-5H3,(H,29,30). The molecule has 0 aliphatic carbocycles. The van der Waals surface area contributed by atoms with Gasteiger partial charge in [-0.15, -0.1) is 0 Å². The lowest BCUT2D eigenvalue weighted by atomic mass is 9.86. The first-order chi connectivity index (χ1) is 15.8. The zero-order chi connectivity index (χ0) is 23.8. The van der Waals surface area contributed by atoms with Crippen LogP contribution in [0.15, 0.2) is 66.7 Å². The van der Waals surface area contributed by atoms with E-state index in [9.17, 15) is 4.79 Å². The Hall–Kier alpha value is -3.47. The van der Waals surface area contributed by atoms with Gasteiger partial charge < -0.3 is 19.5 Å². The Morgan fingerprint density at radius 1 is 0.818 bits per heavy atom. The fourth-order valence-corrected chi connectivity index (χ4v) is 3.50. The first-order valence-corrected chi connectivity index (χ1v) is 11.3. The van der Waals surface area contributed by atoms with Gasteiger partial charge in [0.15, 0.2) is 0 Å². The highest BCUT2D eigenvalue weighted by molar-refractivity contribution is 6.04. The number of carbonyl (C=O) groups excluding carboxylic acids is 1. The number of anilines is 1. The predicted octanol–water partition coefficient (Wildman–Crippen LogP) is 6.61. The molecule has 33 heavy (non-hydrogen) atoms. The van der Waals surface area contributed by atoms with E-state index in [1.54, 1.807) is 6.07 Å². The van der Waals surface area contributed by atoms with E-state index in [0.717, 1.165) is 22.6 Å². The van der Waals surface area contributed by atoms with Crippen LogP contribution in [0.3, 0.4) is 0 Å². The van der Waals surface area contributed by atoms with Crippen molar-refractivity contribution in [2.75, 3.05) is 18.5 Å². The normalized spacial score (nSPS) is 11.1. The molecule has 0 aliphatic heterocycles. The number of ether oxygens (including phenoxy) is 3. The van der Waals surface area contributed by atoms with Crippen molar-refractivity contribution in [1.82, 2.24) is 0 Å². The number of hydrogen-bond acceptors (Lipinski definition) is 4. The van der Waals surface area contributed by atoms with E-state index in [4.69, 9.17) is 14.2 Å². The largest absolute Gasteiger partial charge is 0.494 e. The van der Waals surface area contributed by atoms with Crippen molar-refractivity contribution in [2.24, 2.45) is 0 Å². The summed E-state index contributed by atoms with van der Waals surface area (Å²) in [6.07, 6.45) is 0. The Kier molecular flexibility index (Phi) is 7.99. The molecular formula is C28H33NO4. The molecule has 174 valence electrons. The van der Waals surface area contributed by atoms with Gasteiger partial charge in [0.1, 0.15) is 23.9 Å². The lowest BCUT2D eigenvalue weighted by molar-refractivity contribution is 0.102. The van der Waals surface area contributed by atoms with Gasteiger partial charge in [-0.3, -0.25) is 4.79 Å². The lowest BCUT2D eigenvalue weighted by Gasteiger charge is -2.23. The van der Waals surface area contributed by atoms with Gasteiger partial charge in [-0.05, 0) is 73.4 Å². The molecule has 0 saturated carbocycles. The zero-order valence-electron chi connectivity index (χ0n) is 20.1. The molecule has 0 heterocycles. The van der Waals surface area contributed by atoms with Gasteiger partial charge in [0.2, 0.25) is 0 Å². The number of para-hydroxylation sites is 1. The topological polar surface area (TPSA) is 56.8 Å². The van der Waals surface area contributed by atoms with Crippen LogP contribution in [0.2, 0.25) is 0 Å². The predicted molar refractivity (Wildman–Crippen MR) is 133 cm³/mol. The van der Waals surface area contributed by atoms with Crippen molar-refractivity contribution < 1.29 is 19.0 Å². The maximum atomic E-state index is 12.9. The maximum absolute atomic E-state index is 12.9. The third-order valence-corrected chi connectivity index (χ3v) is 5.12. The van der Waals surface area contributed by atoms with Crippen LogP contribution in [0.1, 0.15) is 56.1 Å². The summed E-state index contributed by atoms with van der Waals surface area (Å²) in [7, 11) is 0. The van der Waals surface area contributed by atoms with Crippen molar-refractivity contribution in [3.63, 3.8) is 0 Å². The van der Waals surface area contributed by atoms with Crippen LogP contribution in [-0.2, 0) is 12.0 Å². The molecule has 0 saturated heterocycles. The van der Waals surface area contributed by atoms with Crippen LogP contribution < -0.4 is 19.5 Å². The summed E-state index contributed by atoms with van der Waals surface area (Å²) in [5.74, 6) is 2.12. The van der Waals surface area contributed by atoms with Crippen LogP contribution in [0.25, 0.3) is 0 Å². The third kappa shape index (κ3) is 6.51. The highest BCUT2D eigenvalue weighted by atomic mass is 16.5. The van der Waals surface area contributed by atoms with Gasteiger partial charge in [0.25, 0.3) is 5.91 Å². The quantitative estimate of drug-likeness (QED) is 0.401. The molecule has 0 spiro atoms. The van der Waals surface area contributed by atoms with Gasteiger partial charge in [0, 0.05) is 16.8 Å². The van der Waals surface area contributed by atoms with Crippen molar-refractivity contribution in [3.05, 3.63) is 83.4 Å². The third-order valence-electron chi connectivity index (χ3n) is 5.12. The molecule has 0 atom stereocenters. The Balaban J connectivity index is 1.79. The summed E-state index contributed by atoms with van der Waals surface area (Å²) in [6, 6.07) is 20.8. The summed E-state index contributed by atoms with van der Waals surface area (Å²) >= 11 is 0. The summed E-state index contributed by atoms with van der Waals surface area (Å²) in [4.78, 5) is 12.9. The Morgan fingerprint density at radius 3 is 2.18 bits per heavy atom. The molecule has 3 rings (SSSR count). The van der Waals surface area contributed by atoms with Crippen molar-refractivity contribution in [1.29, 1.82) is 0 Å². The van der Waals surface area contributed by atoms with Crippen molar-refractivity contribution >= 4 is 11.6 Å². The number of rotatable bonds is 9. The first kappa shape index (κ1) is 24.2. The van der Waals surface area contributed by atoms with E-state index >= 15 is 0 Å². The Labute approximate surface area is 196 Å². The van der Waals surface area contributed by atoms with E-state index in [2.05, 4.69) is 32.2 Å². The minimum Gasteiger partial charge on any atom is -0.494 e. The van der Waals surface area contributed by atoms with E-state index in [0.29, 0.717) is 36.8 Å². The molecule has 0 unspecified atom stereocenters. The second kappa shape index (κ2) is 10.9. The second-order valence-corrected chi connectivity index (χ2v) is 8.70. The SMILES string of the molecule is CCOc1ccc(NC(=O)c2ccc(OCC)c(COc3ccccc3C(C)(C)C)c2)cc1. The van der Waals surface area contributed by atoms with E-state index in [-0.39, 0.29) is 11.3 Å². The van der Waals surface area contributed by atoms with Gasteiger partial charge in [-0.25, -0.2) is 0 Å². The van der Waals surface area contributed by atoms with Crippen molar-refractivity contribution in [2.45, 2.75) is 46.6 Å². The fraction of sp³-hybridized carbons (Fsp3) is 0.321. The molecule has 0 bridgehead atoms. The first-order valence-electron chi connectivity index (χ1n) is 11.3. The number of hydrogen-bond donors (Lipinski definition) is 1. The molecule has 0 aliphatic rings. The lowest BCUT2D eigenvalue weighted by Crippen LogP contribution is -2.14. The number of carbonyl (C=O) groups is 1. The molecule has 5 nitrogen and oxygen atoms in total. The fourth-order valence-electron chi connectivity index (χ4n) is 3.50. The summed E-state index contributed by atoms with van der Waals surface area (Å²) < 4.78 is 17.4. The molecular weight excluding hydrogens is 414 g/mol. The molecule has 3 aromatic carbocycles. The van der Waals surface area contributed by atoms with Gasteiger partial charge in [0.05, 0.1) is 13.2 Å². The minimum absolute atomic E-state index is 0.0429. The summed E-state index contributed by atoms with van der Waals surface area (Å²) in [5, 5.41) is 2.93. The molecule has 3 aromatic rings. The van der Waals surface area contributed by atoms with Crippen LogP contribution in [0.5, 0.6) is 17.2 Å². The molecule has 5 heteroatoms. The monoisotopic (exact) mass is 447 g/mol. The summed E-state index contributed by atoms with van der Waals surface area (Å²) in [6.45, 7) is 11.8. The van der Waals surface area contributed by atoms with E-state index in [1.807, 2.05) is 68.4 Å². The van der Waals surface area contributed by atoms with Gasteiger partial charge >= 0.3 is 0 Å². The molecule has 0 aromatic heterocycles. The molecule has 0 radical (unpaired) electrons.